The van der Waals surface area contributed by atoms with Gasteiger partial charge in [-0.25, -0.2) is 9.67 Å². The van der Waals surface area contributed by atoms with Crippen molar-refractivity contribution >= 4 is 5.96 Å². The van der Waals surface area contributed by atoms with Crippen molar-refractivity contribution in [2.75, 3.05) is 33.9 Å². The van der Waals surface area contributed by atoms with Gasteiger partial charge in [-0.15, -0.1) is 0 Å². The van der Waals surface area contributed by atoms with E-state index in [0.29, 0.717) is 12.5 Å². The van der Waals surface area contributed by atoms with Crippen molar-refractivity contribution < 1.29 is 4.74 Å². The van der Waals surface area contributed by atoms with Crippen LogP contribution in [0.2, 0.25) is 0 Å². The molecule has 1 fully saturated rings. The molecular formula is C17H24N6O. The number of aliphatic imine (C=N–C) groups is 1. The first-order valence-electron chi connectivity index (χ1n) is 8.20. The van der Waals surface area contributed by atoms with Gasteiger partial charge in [0.25, 0.3) is 0 Å². The molecule has 0 radical (unpaired) electrons. The summed E-state index contributed by atoms with van der Waals surface area (Å²) < 4.78 is 7.20. The minimum atomic E-state index is 0.584. The zero-order chi connectivity index (χ0) is 16.8. The highest BCUT2D eigenvalue weighted by Crippen LogP contribution is 2.13. The number of guanidine groups is 1. The fourth-order valence-corrected chi connectivity index (χ4v) is 2.87. The van der Waals surface area contributed by atoms with Crippen LogP contribution in [0.1, 0.15) is 12.0 Å². The molecule has 3 rings (SSSR count). The molecule has 1 unspecified atom stereocenters. The van der Waals surface area contributed by atoms with Crippen molar-refractivity contribution in [1.82, 2.24) is 25.0 Å². The van der Waals surface area contributed by atoms with E-state index in [1.54, 1.807) is 17.1 Å². The maximum Gasteiger partial charge on any atom is 0.193 e. The van der Waals surface area contributed by atoms with Crippen molar-refractivity contribution in [1.29, 1.82) is 0 Å². The Balaban J connectivity index is 1.58. The Labute approximate surface area is 142 Å². The summed E-state index contributed by atoms with van der Waals surface area (Å²) in [5.41, 5.74) is 1.13. The van der Waals surface area contributed by atoms with Gasteiger partial charge in [-0.2, -0.15) is 5.10 Å². The summed E-state index contributed by atoms with van der Waals surface area (Å²) in [4.78, 5) is 10.9. The van der Waals surface area contributed by atoms with Gasteiger partial charge in [-0.3, -0.25) is 4.99 Å². The summed E-state index contributed by atoms with van der Waals surface area (Å²) in [5.74, 6) is 2.28. The van der Waals surface area contributed by atoms with Crippen molar-refractivity contribution in [3.8, 4) is 5.82 Å². The van der Waals surface area contributed by atoms with Gasteiger partial charge in [-0.1, -0.05) is 0 Å². The Morgan fingerprint density at radius 1 is 1.50 bits per heavy atom. The molecule has 3 heterocycles. The molecular weight excluding hydrogens is 304 g/mol. The fraction of sp³-hybridized carbons (Fsp3) is 0.471. The van der Waals surface area contributed by atoms with Gasteiger partial charge in [-0.05, 0) is 30.2 Å². The molecule has 0 bridgehead atoms. The second kappa shape index (κ2) is 7.92. The van der Waals surface area contributed by atoms with E-state index in [2.05, 4.69) is 32.3 Å². The van der Waals surface area contributed by atoms with Crippen LogP contribution < -0.4 is 5.32 Å². The van der Waals surface area contributed by atoms with Crippen LogP contribution in [-0.2, 0) is 11.3 Å². The predicted octanol–water partition coefficient (Wildman–Crippen LogP) is 1.31. The lowest BCUT2D eigenvalue weighted by molar-refractivity contribution is 0.181. The van der Waals surface area contributed by atoms with Crippen LogP contribution in [0, 0.1) is 5.92 Å². The average Bonchev–Trinajstić information content (AvgIpc) is 3.29. The summed E-state index contributed by atoms with van der Waals surface area (Å²) in [6, 6.07) is 5.91. The molecule has 2 aromatic heterocycles. The molecule has 1 atom stereocenters. The quantitative estimate of drug-likeness (QED) is 0.662. The van der Waals surface area contributed by atoms with Gasteiger partial charge in [0.2, 0.25) is 0 Å². The van der Waals surface area contributed by atoms with E-state index in [1.807, 2.05) is 31.4 Å². The van der Waals surface area contributed by atoms with Gasteiger partial charge in [0.15, 0.2) is 11.8 Å². The number of rotatable bonds is 5. The first-order chi connectivity index (χ1) is 11.8. The highest BCUT2D eigenvalue weighted by Gasteiger charge is 2.19. The zero-order valence-electron chi connectivity index (χ0n) is 14.2. The number of hydrogen-bond acceptors (Lipinski definition) is 4. The molecule has 1 aliphatic rings. The highest BCUT2D eigenvalue weighted by molar-refractivity contribution is 5.79. The molecule has 0 amide bonds. The van der Waals surface area contributed by atoms with Crippen LogP contribution in [0.5, 0.6) is 0 Å². The molecule has 1 saturated heterocycles. The van der Waals surface area contributed by atoms with Crippen LogP contribution in [0.3, 0.4) is 0 Å². The monoisotopic (exact) mass is 328 g/mol. The maximum absolute atomic E-state index is 5.45. The lowest BCUT2D eigenvalue weighted by atomic mass is 10.1. The molecule has 0 aromatic carbocycles. The molecule has 0 spiro atoms. The van der Waals surface area contributed by atoms with Gasteiger partial charge >= 0.3 is 0 Å². The minimum Gasteiger partial charge on any atom is -0.381 e. The average molecular weight is 328 g/mol. The van der Waals surface area contributed by atoms with Crippen LogP contribution in [0.4, 0.5) is 0 Å². The minimum absolute atomic E-state index is 0.584. The van der Waals surface area contributed by atoms with E-state index in [0.717, 1.165) is 43.5 Å². The summed E-state index contributed by atoms with van der Waals surface area (Å²) >= 11 is 0. The number of nitrogens with zero attached hydrogens (tertiary/aromatic N) is 5. The van der Waals surface area contributed by atoms with Crippen LogP contribution in [-0.4, -0.2) is 59.5 Å². The van der Waals surface area contributed by atoms with Crippen LogP contribution in [0.25, 0.3) is 5.82 Å². The lowest BCUT2D eigenvalue weighted by Gasteiger charge is -2.24. The lowest BCUT2D eigenvalue weighted by Crippen LogP contribution is -2.41. The van der Waals surface area contributed by atoms with Crippen molar-refractivity contribution in [2.24, 2.45) is 10.9 Å². The second-order valence-corrected chi connectivity index (χ2v) is 5.98. The van der Waals surface area contributed by atoms with E-state index in [-0.39, 0.29) is 0 Å². The largest absolute Gasteiger partial charge is 0.381 e. The number of aromatic nitrogens is 3. The van der Waals surface area contributed by atoms with E-state index in [9.17, 15) is 0 Å². The number of ether oxygens (including phenoxy) is 1. The van der Waals surface area contributed by atoms with Gasteiger partial charge < -0.3 is 15.0 Å². The van der Waals surface area contributed by atoms with Gasteiger partial charge in [0.05, 0.1) is 6.61 Å². The van der Waals surface area contributed by atoms with Crippen molar-refractivity contribution in [2.45, 2.75) is 13.0 Å². The smallest absolute Gasteiger partial charge is 0.193 e. The SMILES string of the molecule is CN=C(NCc1ccnc(-n2cccn2)c1)N(C)CC1CCOC1. The summed E-state index contributed by atoms with van der Waals surface area (Å²) in [7, 11) is 3.88. The molecule has 0 saturated carbocycles. The molecule has 1 N–H and O–H groups in total. The highest BCUT2D eigenvalue weighted by atomic mass is 16.5. The second-order valence-electron chi connectivity index (χ2n) is 5.98. The Bertz CT molecular complexity index is 663. The van der Waals surface area contributed by atoms with E-state index >= 15 is 0 Å². The molecule has 7 heteroatoms. The first kappa shape index (κ1) is 16.4. The normalized spacial score (nSPS) is 17.9. The standard InChI is InChI=1S/C17H24N6O/c1-18-17(22(2)12-15-5-9-24-13-15)20-11-14-4-7-19-16(10-14)23-8-3-6-21-23/h3-4,6-8,10,15H,5,9,11-13H2,1-2H3,(H,18,20). The van der Waals surface area contributed by atoms with Gasteiger partial charge in [0, 0.05) is 58.3 Å². The Morgan fingerprint density at radius 3 is 3.12 bits per heavy atom. The molecule has 1 aliphatic heterocycles. The molecule has 7 nitrogen and oxygen atoms in total. The number of nitrogens with one attached hydrogen (secondary N) is 1. The van der Waals surface area contributed by atoms with E-state index < -0.39 is 0 Å². The fourth-order valence-electron chi connectivity index (χ4n) is 2.87. The third-order valence-electron chi connectivity index (χ3n) is 4.13. The van der Waals surface area contributed by atoms with Gasteiger partial charge in [0.1, 0.15) is 0 Å². The number of hydrogen-bond donors (Lipinski definition) is 1. The van der Waals surface area contributed by atoms with Crippen LogP contribution in [0.15, 0.2) is 41.8 Å². The van der Waals surface area contributed by atoms with Crippen molar-refractivity contribution in [3.05, 3.63) is 42.4 Å². The molecule has 0 aliphatic carbocycles. The van der Waals surface area contributed by atoms with Crippen LogP contribution >= 0.6 is 0 Å². The Kier molecular flexibility index (Phi) is 5.43. The summed E-state index contributed by atoms with van der Waals surface area (Å²) in [6.45, 7) is 3.36. The number of pyridine rings is 1. The molecule has 24 heavy (non-hydrogen) atoms. The van der Waals surface area contributed by atoms with E-state index in [4.69, 9.17) is 4.74 Å². The Morgan fingerprint density at radius 2 is 2.42 bits per heavy atom. The topological polar surface area (TPSA) is 67.6 Å². The first-order valence-corrected chi connectivity index (χ1v) is 8.20. The maximum atomic E-state index is 5.45. The zero-order valence-corrected chi connectivity index (χ0v) is 14.2. The van der Waals surface area contributed by atoms with E-state index in [1.165, 1.54) is 0 Å². The summed E-state index contributed by atoms with van der Waals surface area (Å²) in [6.07, 6.45) is 6.56. The van der Waals surface area contributed by atoms with Crippen molar-refractivity contribution in [3.63, 3.8) is 0 Å². The third kappa shape index (κ3) is 4.11. The predicted molar refractivity (Wildman–Crippen MR) is 93.1 cm³/mol. The molecule has 128 valence electrons. The summed E-state index contributed by atoms with van der Waals surface area (Å²) in [5, 5.41) is 7.62. The Hall–Kier alpha value is -2.41. The third-order valence-corrected chi connectivity index (χ3v) is 4.13. The molecule has 2 aromatic rings.